The Morgan fingerprint density at radius 3 is 1.63 bits per heavy atom. The van der Waals surface area contributed by atoms with Crippen molar-refractivity contribution >= 4 is 21.5 Å². The molecule has 1 aliphatic rings. The monoisotopic (exact) mass is 752 g/mol. The molecule has 2 nitrogen and oxygen atoms in total. The summed E-state index contributed by atoms with van der Waals surface area (Å²) in [5.41, 5.74) is 17.5. The minimum atomic E-state index is -0.0327. The molecule has 0 fully saturated rings. The quantitative estimate of drug-likeness (QED) is 0.169. The van der Waals surface area contributed by atoms with Crippen LogP contribution in [0, 0.1) is 0 Å². The molecule has 9 aromatic carbocycles. The van der Waals surface area contributed by atoms with Gasteiger partial charge < -0.3 is 0 Å². The molecule has 0 radical (unpaired) electrons. The lowest BCUT2D eigenvalue weighted by molar-refractivity contribution is 0.660. The van der Waals surface area contributed by atoms with Gasteiger partial charge in [0.05, 0.1) is 11.4 Å². The molecule has 1 aliphatic carbocycles. The first-order chi connectivity index (χ1) is 29.0. The van der Waals surface area contributed by atoms with E-state index in [0.717, 1.165) is 39.0 Å². The molecule has 0 saturated carbocycles. The van der Waals surface area contributed by atoms with E-state index in [9.17, 15) is 0 Å². The van der Waals surface area contributed by atoms with E-state index in [1.165, 1.54) is 66.2 Å². The van der Waals surface area contributed by atoms with E-state index in [1.807, 2.05) is 6.07 Å². The van der Waals surface area contributed by atoms with Crippen molar-refractivity contribution in [3.05, 3.63) is 217 Å². The van der Waals surface area contributed by atoms with Gasteiger partial charge in [-0.3, -0.25) is 0 Å². The van der Waals surface area contributed by atoms with Gasteiger partial charge >= 0.3 is 0 Å². The number of hydrogen-bond acceptors (Lipinski definition) is 2. The maximum absolute atomic E-state index is 5.29. The Bertz CT molecular complexity index is 3230. The van der Waals surface area contributed by atoms with Crippen molar-refractivity contribution < 1.29 is 0 Å². The Morgan fingerprint density at radius 1 is 0.305 bits per heavy atom. The molecule has 0 unspecified atom stereocenters. The molecule has 0 amide bonds. The summed E-state index contributed by atoms with van der Waals surface area (Å²) in [5.74, 6) is 0.702. The second kappa shape index (κ2) is 13.9. The summed E-state index contributed by atoms with van der Waals surface area (Å²) < 4.78 is 0. The molecule has 11 rings (SSSR count). The van der Waals surface area contributed by atoms with E-state index in [-0.39, 0.29) is 5.41 Å². The first-order valence-corrected chi connectivity index (χ1v) is 20.4. The third-order valence-corrected chi connectivity index (χ3v) is 12.4. The lowest BCUT2D eigenvalue weighted by Crippen LogP contribution is -2.14. The topological polar surface area (TPSA) is 25.8 Å². The van der Waals surface area contributed by atoms with E-state index in [4.69, 9.17) is 9.97 Å². The van der Waals surface area contributed by atoms with Crippen molar-refractivity contribution in [1.82, 2.24) is 9.97 Å². The van der Waals surface area contributed by atoms with E-state index in [1.54, 1.807) is 0 Å². The molecule has 59 heavy (non-hydrogen) atoms. The lowest BCUT2D eigenvalue weighted by Gasteiger charge is -2.22. The van der Waals surface area contributed by atoms with E-state index < -0.39 is 0 Å². The Balaban J connectivity index is 1.01. The number of benzene rings is 9. The summed E-state index contributed by atoms with van der Waals surface area (Å²) >= 11 is 0. The second-order valence-electron chi connectivity index (χ2n) is 16.1. The van der Waals surface area contributed by atoms with Gasteiger partial charge in [-0.25, -0.2) is 9.97 Å². The fraction of sp³-hybridized carbons (Fsp3) is 0.0526. The summed E-state index contributed by atoms with van der Waals surface area (Å²) in [6.07, 6.45) is 0. The van der Waals surface area contributed by atoms with E-state index in [0.29, 0.717) is 5.82 Å². The van der Waals surface area contributed by atoms with Gasteiger partial charge in [0, 0.05) is 22.1 Å². The molecule has 1 aromatic heterocycles. The predicted octanol–water partition coefficient (Wildman–Crippen LogP) is 15.1. The molecular weight excluding hydrogens is 713 g/mol. The highest BCUT2D eigenvalue weighted by Gasteiger charge is 2.35. The Labute approximate surface area is 345 Å². The van der Waals surface area contributed by atoms with Crippen LogP contribution in [0.1, 0.15) is 25.0 Å². The average Bonchev–Trinajstić information content (AvgIpc) is 3.53. The predicted molar refractivity (Wildman–Crippen MR) is 247 cm³/mol. The molecule has 0 N–H and O–H groups in total. The molecule has 278 valence electrons. The van der Waals surface area contributed by atoms with Crippen molar-refractivity contribution in [2.45, 2.75) is 19.3 Å². The zero-order chi connectivity index (χ0) is 39.5. The summed E-state index contributed by atoms with van der Waals surface area (Å²) in [4.78, 5) is 10.6. The van der Waals surface area contributed by atoms with Crippen LogP contribution in [0.5, 0.6) is 0 Å². The highest BCUT2D eigenvalue weighted by atomic mass is 14.9. The number of aromatic nitrogens is 2. The maximum atomic E-state index is 5.29. The Hall–Kier alpha value is -7.42. The number of rotatable bonds is 6. The SMILES string of the molecule is CC1(C)c2ccccc2-c2ccc(-c3ccc(-c4ccc(-c5cc(-c6ccccc6-c6cccc7ccccc67)nc(-c6ccccc6)n5)c5ccccc45)cc3)cc21. The molecule has 10 aromatic rings. The number of fused-ring (bicyclic) bond motifs is 5. The van der Waals surface area contributed by atoms with Crippen LogP contribution in [0.2, 0.25) is 0 Å². The van der Waals surface area contributed by atoms with Crippen molar-refractivity contribution in [3.8, 4) is 78.4 Å². The van der Waals surface area contributed by atoms with Gasteiger partial charge in [0.1, 0.15) is 0 Å². The lowest BCUT2D eigenvalue weighted by atomic mass is 9.81. The fourth-order valence-corrected chi connectivity index (χ4v) is 9.34. The van der Waals surface area contributed by atoms with Crippen molar-refractivity contribution in [2.24, 2.45) is 0 Å². The van der Waals surface area contributed by atoms with Crippen LogP contribution < -0.4 is 0 Å². The largest absolute Gasteiger partial charge is 0.228 e. The van der Waals surface area contributed by atoms with Crippen LogP contribution in [0.15, 0.2) is 206 Å². The van der Waals surface area contributed by atoms with Crippen LogP contribution in [-0.2, 0) is 5.41 Å². The zero-order valence-corrected chi connectivity index (χ0v) is 33.0. The highest BCUT2D eigenvalue weighted by molar-refractivity contribution is 6.05. The minimum absolute atomic E-state index is 0.0327. The fourth-order valence-electron chi connectivity index (χ4n) is 9.34. The molecule has 0 spiro atoms. The second-order valence-corrected chi connectivity index (χ2v) is 16.1. The van der Waals surface area contributed by atoms with Crippen LogP contribution in [-0.4, -0.2) is 9.97 Å². The zero-order valence-electron chi connectivity index (χ0n) is 33.0. The third-order valence-electron chi connectivity index (χ3n) is 12.4. The average molecular weight is 753 g/mol. The normalized spacial score (nSPS) is 12.7. The smallest absolute Gasteiger partial charge is 0.160 e. The minimum Gasteiger partial charge on any atom is -0.228 e. The molecule has 0 saturated heterocycles. The Morgan fingerprint density at radius 2 is 0.831 bits per heavy atom. The van der Waals surface area contributed by atoms with Crippen molar-refractivity contribution in [1.29, 1.82) is 0 Å². The molecule has 0 bridgehead atoms. The maximum Gasteiger partial charge on any atom is 0.160 e. The molecule has 2 heteroatoms. The molecule has 0 atom stereocenters. The van der Waals surface area contributed by atoms with Crippen LogP contribution in [0.3, 0.4) is 0 Å². The number of nitrogens with zero attached hydrogens (tertiary/aromatic N) is 2. The van der Waals surface area contributed by atoms with Crippen LogP contribution in [0.25, 0.3) is 100.0 Å². The molecule has 0 aliphatic heterocycles. The standard InChI is InChI=1S/C57H40N2/c1-57(2)52-26-13-12-23-48(52)49-32-31-41(35-53(49)57)37-27-29-39(30-28-37)43-33-34-51(47-22-9-8-20-44(43)47)55-36-54(58-56(59-55)40-16-4-3-5-17-40)50-24-11-10-21-46(50)45-25-14-18-38-15-6-7-19-42(38)45/h3-36H,1-2H3. The van der Waals surface area contributed by atoms with Crippen molar-refractivity contribution in [3.63, 3.8) is 0 Å². The van der Waals surface area contributed by atoms with Crippen molar-refractivity contribution in [2.75, 3.05) is 0 Å². The summed E-state index contributed by atoms with van der Waals surface area (Å²) in [6, 6.07) is 74.3. The van der Waals surface area contributed by atoms with E-state index in [2.05, 4.69) is 214 Å². The van der Waals surface area contributed by atoms with Gasteiger partial charge in [0.25, 0.3) is 0 Å². The molecule has 1 heterocycles. The van der Waals surface area contributed by atoms with Gasteiger partial charge in [0.2, 0.25) is 0 Å². The first kappa shape index (κ1) is 34.8. The van der Waals surface area contributed by atoms with Gasteiger partial charge in [-0.05, 0) is 89.3 Å². The van der Waals surface area contributed by atoms with Gasteiger partial charge in [0.15, 0.2) is 5.82 Å². The van der Waals surface area contributed by atoms with Gasteiger partial charge in [-0.1, -0.05) is 208 Å². The van der Waals surface area contributed by atoms with E-state index >= 15 is 0 Å². The first-order valence-electron chi connectivity index (χ1n) is 20.4. The summed E-state index contributed by atoms with van der Waals surface area (Å²) in [5, 5.41) is 4.78. The van der Waals surface area contributed by atoms with Gasteiger partial charge in [-0.15, -0.1) is 0 Å². The highest BCUT2D eigenvalue weighted by Crippen LogP contribution is 2.49. The van der Waals surface area contributed by atoms with Crippen LogP contribution in [0.4, 0.5) is 0 Å². The Kier molecular flexibility index (Phi) is 8.20. The third kappa shape index (κ3) is 5.87. The summed E-state index contributed by atoms with van der Waals surface area (Å²) in [7, 11) is 0. The van der Waals surface area contributed by atoms with Crippen LogP contribution >= 0.6 is 0 Å². The number of hydrogen-bond donors (Lipinski definition) is 0. The van der Waals surface area contributed by atoms with Gasteiger partial charge in [-0.2, -0.15) is 0 Å². The summed E-state index contributed by atoms with van der Waals surface area (Å²) in [6.45, 7) is 4.69. The molecular formula is C57H40N2.